The van der Waals surface area contributed by atoms with Crippen LogP contribution in [0.4, 0.5) is 5.69 Å². The molecule has 148 valence electrons. The van der Waals surface area contributed by atoms with E-state index in [4.69, 9.17) is 0 Å². The number of carbonyl (C=O) groups excluding carboxylic acids is 2. The molecule has 1 aliphatic carbocycles. The summed E-state index contributed by atoms with van der Waals surface area (Å²) in [6.45, 7) is 0. The Bertz CT molecular complexity index is 1040. The summed E-state index contributed by atoms with van der Waals surface area (Å²) in [5.41, 5.74) is 2.79. The van der Waals surface area contributed by atoms with Crippen molar-refractivity contribution >= 4 is 40.1 Å². The number of nitrogens with zero attached hydrogens (tertiary/aromatic N) is 1. The fourth-order valence-corrected chi connectivity index (χ4v) is 5.14. The lowest BCUT2D eigenvalue weighted by Crippen LogP contribution is -2.31. The average Bonchev–Trinajstić information content (AvgIpc) is 3.06. The second-order valence-electron chi connectivity index (χ2n) is 7.80. The fourth-order valence-electron chi connectivity index (χ4n) is 4.78. The molecule has 3 aromatic rings. The van der Waals surface area contributed by atoms with Crippen molar-refractivity contribution in [1.82, 2.24) is 0 Å². The molecule has 2 amide bonds. The standard InChI is InChI=1S/C26H20INO2/c27-19-11-13-20(14-12-19)28-25(29)23-21(17-7-3-1-4-8-17)15-16-22(24(23)26(28)30)18-9-5-2-6-10-18/h1-16,21-24H/t21-,22+,23+,24-. The van der Waals surface area contributed by atoms with Gasteiger partial charge in [0.15, 0.2) is 0 Å². The summed E-state index contributed by atoms with van der Waals surface area (Å²) in [7, 11) is 0. The quantitative estimate of drug-likeness (QED) is 0.267. The maximum absolute atomic E-state index is 13.7. The molecule has 5 rings (SSSR count). The molecule has 30 heavy (non-hydrogen) atoms. The maximum atomic E-state index is 13.7. The van der Waals surface area contributed by atoms with Gasteiger partial charge >= 0.3 is 0 Å². The summed E-state index contributed by atoms with van der Waals surface area (Å²) < 4.78 is 1.07. The molecule has 1 fully saturated rings. The molecule has 3 nitrogen and oxygen atoms in total. The molecule has 0 saturated carbocycles. The predicted octanol–water partition coefficient (Wildman–Crippen LogP) is 5.53. The molecule has 4 heteroatoms. The van der Waals surface area contributed by atoms with Gasteiger partial charge in [0.05, 0.1) is 17.5 Å². The van der Waals surface area contributed by atoms with Gasteiger partial charge in [0.1, 0.15) is 0 Å². The topological polar surface area (TPSA) is 37.4 Å². The van der Waals surface area contributed by atoms with Crippen molar-refractivity contribution in [2.75, 3.05) is 4.90 Å². The van der Waals surface area contributed by atoms with E-state index in [-0.39, 0.29) is 23.7 Å². The van der Waals surface area contributed by atoms with Crippen LogP contribution >= 0.6 is 22.6 Å². The predicted molar refractivity (Wildman–Crippen MR) is 126 cm³/mol. The summed E-state index contributed by atoms with van der Waals surface area (Å²) in [6, 6.07) is 27.6. The molecular weight excluding hydrogens is 485 g/mol. The molecule has 0 unspecified atom stereocenters. The number of allylic oxidation sites excluding steroid dienone is 2. The summed E-state index contributed by atoms with van der Waals surface area (Å²) in [4.78, 5) is 28.7. The highest BCUT2D eigenvalue weighted by molar-refractivity contribution is 14.1. The van der Waals surface area contributed by atoms with E-state index in [2.05, 4.69) is 34.7 Å². The second kappa shape index (κ2) is 7.84. The van der Waals surface area contributed by atoms with Gasteiger partial charge in [-0.15, -0.1) is 0 Å². The maximum Gasteiger partial charge on any atom is 0.238 e. The first kappa shape index (κ1) is 19.2. The van der Waals surface area contributed by atoms with Crippen molar-refractivity contribution in [3.63, 3.8) is 0 Å². The third kappa shape index (κ3) is 3.19. The number of fused-ring (bicyclic) bond motifs is 1. The number of imide groups is 1. The Morgan fingerprint density at radius 1 is 0.600 bits per heavy atom. The van der Waals surface area contributed by atoms with E-state index in [1.165, 1.54) is 4.90 Å². The molecule has 0 spiro atoms. The summed E-state index contributed by atoms with van der Waals surface area (Å²) in [6.07, 6.45) is 4.24. The van der Waals surface area contributed by atoms with Crippen LogP contribution in [-0.2, 0) is 9.59 Å². The molecule has 1 saturated heterocycles. The number of amides is 2. The molecule has 1 aliphatic heterocycles. The minimum absolute atomic E-state index is 0.106. The van der Waals surface area contributed by atoms with E-state index in [9.17, 15) is 9.59 Å². The Hall–Kier alpha value is -2.73. The van der Waals surface area contributed by atoms with Crippen LogP contribution in [0.2, 0.25) is 0 Å². The van der Waals surface area contributed by atoms with E-state index in [0.717, 1.165) is 14.7 Å². The van der Waals surface area contributed by atoms with Crippen LogP contribution in [0.3, 0.4) is 0 Å². The first-order chi connectivity index (χ1) is 14.6. The fraction of sp³-hybridized carbons (Fsp3) is 0.154. The van der Waals surface area contributed by atoms with E-state index >= 15 is 0 Å². The van der Waals surface area contributed by atoms with E-state index < -0.39 is 11.8 Å². The Labute approximate surface area is 189 Å². The van der Waals surface area contributed by atoms with Crippen molar-refractivity contribution in [3.8, 4) is 0 Å². The van der Waals surface area contributed by atoms with E-state index in [0.29, 0.717) is 5.69 Å². The number of carbonyl (C=O) groups is 2. The number of hydrogen-bond donors (Lipinski definition) is 0. The van der Waals surface area contributed by atoms with Gasteiger partial charge in [-0.25, -0.2) is 4.90 Å². The van der Waals surface area contributed by atoms with Crippen LogP contribution in [-0.4, -0.2) is 11.8 Å². The molecule has 0 aromatic heterocycles. The zero-order valence-corrected chi connectivity index (χ0v) is 18.3. The monoisotopic (exact) mass is 505 g/mol. The molecule has 1 heterocycles. The van der Waals surface area contributed by atoms with Crippen LogP contribution in [0.5, 0.6) is 0 Å². The molecule has 0 radical (unpaired) electrons. The zero-order valence-electron chi connectivity index (χ0n) is 16.2. The van der Waals surface area contributed by atoms with Crippen LogP contribution in [0.1, 0.15) is 23.0 Å². The Morgan fingerprint density at radius 2 is 1.03 bits per heavy atom. The van der Waals surface area contributed by atoms with Gasteiger partial charge in [-0.2, -0.15) is 0 Å². The third-order valence-corrected chi connectivity index (χ3v) is 6.87. The lowest BCUT2D eigenvalue weighted by atomic mass is 9.68. The zero-order chi connectivity index (χ0) is 20.7. The van der Waals surface area contributed by atoms with Gasteiger partial charge in [0.2, 0.25) is 11.8 Å². The minimum atomic E-state index is -0.408. The van der Waals surface area contributed by atoms with Crippen LogP contribution in [0.25, 0.3) is 0 Å². The summed E-state index contributed by atoms with van der Waals surface area (Å²) >= 11 is 2.23. The Balaban J connectivity index is 1.63. The lowest BCUT2D eigenvalue weighted by Gasteiger charge is -2.32. The molecule has 2 aliphatic rings. The normalized spacial score (nSPS) is 25.4. The number of anilines is 1. The van der Waals surface area contributed by atoms with Crippen molar-refractivity contribution in [2.45, 2.75) is 11.8 Å². The Kier molecular flexibility index (Phi) is 5.03. The molecule has 0 N–H and O–H groups in total. The SMILES string of the molecule is O=C1[C@@H]2[C@H](C(=O)N1c1ccc(I)cc1)[C@H](c1ccccc1)C=C[C@@H]2c1ccccc1. The number of hydrogen-bond acceptors (Lipinski definition) is 2. The van der Waals surface area contributed by atoms with E-state index in [1.54, 1.807) is 0 Å². The second-order valence-corrected chi connectivity index (χ2v) is 9.04. The summed E-state index contributed by atoms with van der Waals surface area (Å²) in [5.74, 6) is -1.25. The number of benzene rings is 3. The highest BCUT2D eigenvalue weighted by atomic mass is 127. The van der Waals surface area contributed by atoms with Gasteiger partial charge in [-0.3, -0.25) is 9.59 Å². The highest BCUT2D eigenvalue weighted by Gasteiger charge is 2.55. The van der Waals surface area contributed by atoms with Crippen LogP contribution < -0.4 is 4.90 Å². The first-order valence-corrected chi connectivity index (χ1v) is 11.1. The smallest absolute Gasteiger partial charge is 0.238 e. The molecule has 3 aromatic carbocycles. The largest absolute Gasteiger partial charge is 0.274 e. The molecule has 0 bridgehead atoms. The van der Waals surface area contributed by atoms with Gasteiger partial charge in [-0.1, -0.05) is 72.8 Å². The highest BCUT2D eigenvalue weighted by Crippen LogP contribution is 2.50. The van der Waals surface area contributed by atoms with Gasteiger partial charge in [-0.05, 0) is 58.0 Å². The van der Waals surface area contributed by atoms with Crippen molar-refractivity contribution in [1.29, 1.82) is 0 Å². The number of rotatable bonds is 3. The van der Waals surface area contributed by atoms with Crippen molar-refractivity contribution in [2.24, 2.45) is 11.8 Å². The average molecular weight is 505 g/mol. The Morgan fingerprint density at radius 3 is 1.47 bits per heavy atom. The number of halogens is 1. The molecule has 4 atom stereocenters. The first-order valence-electron chi connectivity index (χ1n) is 10.1. The van der Waals surface area contributed by atoms with E-state index in [1.807, 2.05) is 84.9 Å². The van der Waals surface area contributed by atoms with Crippen molar-refractivity contribution < 1.29 is 9.59 Å². The summed E-state index contributed by atoms with van der Waals surface area (Å²) in [5, 5.41) is 0. The van der Waals surface area contributed by atoms with Crippen LogP contribution in [0.15, 0.2) is 97.1 Å². The van der Waals surface area contributed by atoms with Crippen molar-refractivity contribution in [3.05, 3.63) is 112 Å². The lowest BCUT2D eigenvalue weighted by molar-refractivity contribution is -0.122. The van der Waals surface area contributed by atoms with Gasteiger partial charge < -0.3 is 0 Å². The third-order valence-electron chi connectivity index (χ3n) is 6.15. The van der Waals surface area contributed by atoms with Gasteiger partial charge in [0.25, 0.3) is 0 Å². The minimum Gasteiger partial charge on any atom is -0.274 e. The van der Waals surface area contributed by atoms with Gasteiger partial charge in [0, 0.05) is 15.4 Å². The van der Waals surface area contributed by atoms with Crippen LogP contribution in [0, 0.1) is 15.4 Å². The molecular formula is C26H20INO2.